The molecule has 3 heterocycles. The Labute approximate surface area is 131 Å². The summed E-state index contributed by atoms with van der Waals surface area (Å²) in [7, 11) is 1.56. The third-order valence-corrected chi connectivity index (χ3v) is 3.93. The first kappa shape index (κ1) is 14.6. The molecule has 0 N–H and O–H groups in total. The number of carbonyl (C=O) groups is 1. The minimum absolute atomic E-state index is 0.00556. The second kappa shape index (κ2) is 6.65. The molecule has 0 aliphatic carbocycles. The number of piperidine rings is 1. The summed E-state index contributed by atoms with van der Waals surface area (Å²) < 4.78 is 14.4. The van der Waals surface area contributed by atoms with E-state index in [4.69, 9.17) is 9.47 Å². The summed E-state index contributed by atoms with van der Waals surface area (Å²) in [4.78, 5) is 22.1. The van der Waals surface area contributed by atoms with E-state index >= 15 is 0 Å². The standard InChI is InChI=1S/C13H15N5O3S/c1-20-10-6-14-13(15-7-10)21-9-2-4-18(5-3-9)12(19)11-8-22-17-16-11/h6-9H,2-5H2,1H3. The van der Waals surface area contributed by atoms with Gasteiger partial charge in [0, 0.05) is 31.3 Å². The molecule has 0 radical (unpaired) electrons. The summed E-state index contributed by atoms with van der Waals surface area (Å²) in [6.07, 6.45) is 4.61. The van der Waals surface area contributed by atoms with E-state index in [0.29, 0.717) is 30.5 Å². The number of hydrogen-bond acceptors (Lipinski definition) is 8. The molecule has 1 aliphatic heterocycles. The van der Waals surface area contributed by atoms with Crippen LogP contribution in [0.1, 0.15) is 23.3 Å². The maximum absolute atomic E-state index is 12.1. The van der Waals surface area contributed by atoms with Crippen LogP contribution in [0.4, 0.5) is 0 Å². The minimum Gasteiger partial charge on any atom is -0.494 e. The van der Waals surface area contributed by atoms with E-state index in [1.165, 1.54) is 11.5 Å². The molecule has 1 saturated heterocycles. The number of amides is 1. The molecule has 22 heavy (non-hydrogen) atoms. The van der Waals surface area contributed by atoms with Crippen molar-refractivity contribution in [3.63, 3.8) is 0 Å². The molecule has 3 rings (SSSR count). The molecular formula is C13H15N5O3S. The summed E-state index contributed by atoms with van der Waals surface area (Å²) in [5.74, 6) is 0.512. The average molecular weight is 321 g/mol. The van der Waals surface area contributed by atoms with Crippen LogP contribution in [0.2, 0.25) is 0 Å². The fourth-order valence-corrected chi connectivity index (χ4v) is 2.65. The van der Waals surface area contributed by atoms with E-state index in [-0.39, 0.29) is 12.0 Å². The van der Waals surface area contributed by atoms with Gasteiger partial charge < -0.3 is 14.4 Å². The number of ether oxygens (including phenoxy) is 2. The second-order valence-corrected chi connectivity index (χ2v) is 5.41. The average Bonchev–Trinajstić information content (AvgIpc) is 3.10. The molecule has 8 nitrogen and oxygen atoms in total. The van der Waals surface area contributed by atoms with Gasteiger partial charge in [-0.1, -0.05) is 4.49 Å². The van der Waals surface area contributed by atoms with Crippen molar-refractivity contribution >= 4 is 17.4 Å². The van der Waals surface area contributed by atoms with Crippen LogP contribution in [0.5, 0.6) is 11.8 Å². The lowest BCUT2D eigenvalue weighted by molar-refractivity contribution is 0.0573. The normalized spacial score (nSPS) is 15.6. The number of nitrogens with zero attached hydrogens (tertiary/aromatic N) is 5. The zero-order valence-electron chi connectivity index (χ0n) is 12.0. The SMILES string of the molecule is COc1cnc(OC2CCN(C(=O)c3csnn3)CC2)nc1. The number of likely N-dealkylation sites (tertiary alicyclic amines) is 1. The van der Waals surface area contributed by atoms with Gasteiger partial charge in [-0.05, 0) is 11.5 Å². The number of carbonyl (C=O) groups excluding carboxylic acids is 1. The predicted molar refractivity (Wildman–Crippen MR) is 78.0 cm³/mol. The Hall–Kier alpha value is -2.29. The van der Waals surface area contributed by atoms with E-state index < -0.39 is 0 Å². The van der Waals surface area contributed by atoms with Crippen LogP contribution in [0.25, 0.3) is 0 Å². The van der Waals surface area contributed by atoms with Crippen molar-refractivity contribution in [1.82, 2.24) is 24.5 Å². The molecule has 0 bridgehead atoms. The summed E-state index contributed by atoms with van der Waals surface area (Å²) in [6.45, 7) is 1.24. The molecule has 9 heteroatoms. The molecule has 2 aromatic heterocycles. The molecule has 0 unspecified atom stereocenters. The lowest BCUT2D eigenvalue weighted by Crippen LogP contribution is -2.42. The molecule has 0 saturated carbocycles. The molecule has 2 aromatic rings. The van der Waals surface area contributed by atoms with Gasteiger partial charge in [-0.15, -0.1) is 5.10 Å². The molecule has 1 fully saturated rings. The Kier molecular flexibility index (Phi) is 4.42. The van der Waals surface area contributed by atoms with Crippen LogP contribution in [0.3, 0.4) is 0 Å². The van der Waals surface area contributed by atoms with Gasteiger partial charge in [-0.3, -0.25) is 4.79 Å². The van der Waals surface area contributed by atoms with Gasteiger partial charge in [-0.2, -0.15) is 9.97 Å². The third-order valence-electron chi connectivity index (χ3n) is 3.42. The van der Waals surface area contributed by atoms with Crippen molar-refractivity contribution < 1.29 is 14.3 Å². The van der Waals surface area contributed by atoms with Crippen LogP contribution >= 0.6 is 11.5 Å². The van der Waals surface area contributed by atoms with Crippen molar-refractivity contribution in [2.24, 2.45) is 0 Å². The van der Waals surface area contributed by atoms with Gasteiger partial charge in [0.15, 0.2) is 11.4 Å². The lowest BCUT2D eigenvalue weighted by Gasteiger charge is -2.31. The lowest BCUT2D eigenvalue weighted by atomic mass is 10.1. The first-order chi connectivity index (χ1) is 10.8. The number of hydrogen-bond donors (Lipinski definition) is 0. The van der Waals surface area contributed by atoms with Gasteiger partial charge in [-0.25, -0.2) is 0 Å². The number of methoxy groups -OCH3 is 1. The maximum Gasteiger partial charge on any atom is 0.316 e. The fourth-order valence-electron chi connectivity index (χ4n) is 2.22. The Morgan fingerprint density at radius 2 is 2.05 bits per heavy atom. The minimum atomic E-state index is -0.0760. The largest absolute Gasteiger partial charge is 0.494 e. The fraction of sp³-hybridized carbons (Fsp3) is 0.462. The second-order valence-electron chi connectivity index (χ2n) is 4.81. The zero-order chi connectivity index (χ0) is 15.4. The summed E-state index contributed by atoms with van der Waals surface area (Å²) in [5, 5.41) is 5.47. The van der Waals surface area contributed by atoms with Crippen molar-refractivity contribution in [3.05, 3.63) is 23.5 Å². The van der Waals surface area contributed by atoms with Crippen LogP contribution in [0.15, 0.2) is 17.8 Å². The Morgan fingerprint density at radius 1 is 1.32 bits per heavy atom. The molecule has 0 atom stereocenters. The highest BCUT2D eigenvalue weighted by molar-refractivity contribution is 7.03. The molecule has 116 valence electrons. The van der Waals surface area contributed by atoms with Gasteiger partial charge in [0.25, 0.3) is 5.91 Å². The van der Waals surface area contributed by atoms with Crippen molar-refractivity contribution in [1.29, 1.82) is 0 Å². The third kappa shape index (κ3) is 3.30. The molecule has 0 spiro atoms. The monoisotopic (exact) mass is 321 g/mol. The maximum atomic E-state index is 12.1. The first-order valence-electron chi connectivity index (χ1n) is 6.85. The highest BCUT2D eigenvalue weighted by Gasteiger charge is 2.26. The van der Waals surface area contributed by atoms with Gasteiger partial charge in [0.1, 0.15) is 6.10 Å². The molecule has 0 aromatic carbocycles. The quantitative estimate of drug-likeness (QED) is 0.830. The van der Waals surface area contributed by atoms with Gasteiger partial charge in [0.2, 0.25) is 0 Å². The van der Waals surface area contributed by atoms with E-state index in [9.17, 15) is 4.79 Å². The summed E-state index contributed by atoms with van der Waals surface area (Å²) >= 11 is 1.18. The van der Waals surface area contributed by atoms with Gasteiger partial charge >= 0.3 is 6.01 Å². The molecule has 1 amide bonds. The number of rotatable bonds is 4. The van der Waals surface area contributed by atoms with E-state index in [0.717, 1.165) is 12.8 Å². The number of aromatic nitrogens is 4. The van der Waals surface area contributed by atoms with E-state index in [2.05, 4.69) is 19.6 Å². The topological polar surface area (TPSA) is 90.3 Å². The van der Waals surface area contributed by atoms with Crippen molar-refractivity contribution in [2.75, 3.05) is 20.2 Å². The Morgan fingerprint density at radius 3 is 2.64 bits per heavy atom. The highest BCUT2D eigenvalue weighted by atomic mass is 32.1. The molecule has 1 aliphatic rings. The van der Waals surface area contributed by atoms with Crippen LogP contribution < -0.4 is 9.47 Å². The summed E-state index contributed by atoms with van der Waals surface area (Å²) in [6, 6.07) is 0.328. The van der Waals surface area contributed by atoms with Crippen LogP contribution in [0, 0.1) is 0 Å². The predicted octanol–water partition coefficient (Wildman–Crippen LogP) is 1.02. The highest BCUT2D eigenvalue weighted by Crippen LogP contribution is 2.18. The summed E-state index contributed by atoms with van der Waals surface area (Å²) in [5.41, 5.74) is 0.405. The van der Waals surface area contributed by atoms with Crippen LogP contribution in [-0.2, 0) is 0 Å². The van der Waals surface area contributed by atoms with E-state index in [1.807, 2.05) is 0 Å². The molecular weight excluding hydrogens is 306 g/mol. The Balaban J connectivity index is 1.52. The van der Waals surface area contributed by atoms with Crippen molar-refractivity contribution in [2.45, 2.75) is 18.9 Å². The smallest absolute Gasteiger partial charge is 0.316 e. The zero-order valence-corrected chi connectivity index (χ0v) is 12.8. The van der Waals surface area contributed by atoms with E-state index in [1.54, 1.807) is 29.8 Å². The van der Waals surface area contributed by atoms with Gasteiger partial charge in [0.05, 0.1) is 19.5 Å². The Bertz CT molecular complexity index is 611. The first-order valence-corrected chi connectivity index (χ1v) is 7.69. The van der Waals surface area contributed by atoms with Crippen LogP contribution in [-0.4, -0.2) is 56.7 Å². The van der Waals surface area contributed by atoms with Crippen molar-refractivity contribution in [3.8, 4) is 11.8 Å².